The van der Waals surface area contributed by atoms with Crippen LogP contribution in [0.1, 0.15) is 19.3 Å². The minimum Gasteiger partial charge on any atom is -0.0888 e. The highest BCUT2D eigenvalue weighted by Gasteiger charge is 1.98. The van der Waals surface area contributed by atoms with Crippen LogP contribution in [-0.4, -0.2) is 0 Å². The van der Waals surface area contributed by atoms with Gasteiger partial charge in [-0.05, 0) is 25.3 Å². The third kappa shape index (κ3) is 0.749. The van der Waals surface area contributed by atoms with E-state index in [9.17, 15) is 0 Å². The molecule has 0 saturated carbocycles. The van der Waals surface area contributed by atoms with Crippen molar-refractivity contribution < 1.29 is 0 Å². The normalized spacial score (nSPS) is 21.2. The molecule has 0 N–H and O–H groups in total. The zero-order chi connectivity index (χ0) is 4.41. The van der Waals surface area contributed by atoms with Crippen LogP contribution in [0.15, 0.2) is 5.03 Å². The molecule has 0 nitrogen and oxygen atoms in total. The number of hydrogen-bond acceptors (Lipinski definition) is 0. The highest BCUT2D eigenvalue weighted by molar-refractivity contribution is 6.29. The van der Waals surface area contributed by atoms with Crippen molar-refractivity contribution in [2.75, 3.05) is 0 Å². The van der Waals surface area contributed by atoms with Crippen molar-refractivity contribution >= 4 is 11.6 Å². The average Bonchev–Trinajstić information content (AvgIpc) is 1.86. The predicted molar refractivity (Wildman–Crippen MR) is 26.5 cm³/mol. The molecule has 1 aliphatic carbocycles. The molecule has 0 aromatic carbocycles. The lowest BCUT2D eigenvalue weighted by atomic mass is 10.4. The minimum absolute atomic E-state index is 0.926. The molecule has 0 aromatic heterocycles. The maximum atomic E-state index is 5.52. The summed E-state index contributed by atoms with van der Waals surface area (Å²) >= 11 is 5.52. The predicted octanol–water partition coefficient (Wildman–Crippen LogP) is 2.10. The van der Waals surface area contributed by atoms with Gasteiger partial charge in [-0.15, -0.1) is 0 Å². The topological polar surface area (TPSA) is 0 Å². The second-order valence-corrected chi connectivity index (χ2v) is 1.89. The molecular formula is C5H6Cl. The minimum atomic E-state index is 0.926. The van der Waals surface area contributed by atoms with Crippen LogP contribution in [0, 0.1) is 6.08 Å². The lowest BCUT2D eigenvalue weighted by molar-refractivity contribution is 0.917. The Balaban J connectivity index is 2.45. The Morgan fingerprint density at radius 3 is 2.67 bits per heavy atom. The summed E-state index contributed by atoms with van der Waals surface area (Å²) in [7, 11) is 0. The van der Waals surface area contributed by atoms with Crippen LogP contribution in [0.5, 0.6) is 0 Å². The monoisotopic (exact) mass is 101 g/mol. The molecule has 0 spiro atoms. The van der Waals surface area contributed by atoms with Gasteiger partial charge in [-0.3, -0.25) is 0 Å². The van der Waals surface area contributed by atoms with Gasteiger partial charge in [0.05, 0.1) is 0 Å². The Hall–Kier alpha value is 0.0300. The molecule has 0 aromatic rings. The van der Waals surface area contributed by atoms with Crippen LogP contribution >= 0.6 is 11.6 Å². The molecule has 0 amide bonds. The van der Waals surface area contributed by atoms with E-state index < -0.39 is 0 Å². The van der Waals surface area contributed by atoms with Gasteiger partial charge >= 0.3 is 0 Å². The Morgan fingerprint density at radius 1 is 1.67 bits per heavy atom. The van der Waals surface area contributed by atoms with Crippen molar-refractivity contribution in [1.29, 1.82) is 0 Å². The summed E-state index contributed by atoms with van der Waals surface area (Å²) in [5.41, 5.74) is 0. The molecule has 0 aliphatic heterocycles. The first-order chi connectivity index (χ1) is 2.89. The van der Waals surface area contributed by atoms with Crippen molar-refractivity contribution in [3.63, 3.8) is 0 Å². The van der Waals surface area contributed by atoms with Crippen molar-refractivity contribution in [2.24, 2.45) is 0 Å². The van der Waals surface area contributed by atoms with Crippen LogP contribution < -0.4 is 0 Å². The Bertz CT molecular complexity index is 74.0. The Morgan fingerprint density at radius 2 is 2.50 bits per heavy atom. The molecule has 0 unspecified atom stereocenters. The molecule has 1 radical (unpaired) electrons. The molecular weight excluding hydrogens is 95.5 g/mol. The fraction of sp³-hybridized carbons (Fsp3) is 0.600. The first-order valence-corrected chi connectivity index (χ1v) is 2.52. The van der Waals surface area contributed by atoms with E-state index in [1.54, 1.807) is 0 Å². The summed E-state index contributed by atoms with van der Waals surface area (Å²) < 4.78 is 0. The summed E-state index contributed by atoms with van der Waals surface area (Å²) in [5.74, 6) is 0. The first kappa shape index (κ1) is 4.20. The molecule has 0 atom stereocenters. The highest BCUT2D eigenvalue weighted by Crippen LogP contribution is 2.18. The van der Waals surface area contributed by atoms with Gasteiger partial charge in [-0.25, -0.2) is 0 Å². The molecule has 0 fully saturated rings. The molecule has 1 rings (SSSR count). The zero-order valence-corrected chi connectivity index (χ0v) is 4.26. The summed E-state index contributed by atoms with van der Waals surface area (Å²) in [5, 5.41) is 0.926. The van der Waals surface area contributed by atoms with Gasteiger partial charge in [0.15, 0.2) is 0 Å². The van der Waals surface area contributed by atoms with Gasteiger partial charge in [0.1, 0.15) is 0 Å². The second-order valence-electron chi connectivity index (χ2n) is 1.44. The van der Waals surface area contributed by atoms with E-state index in [0.29, 0.717) is 0 Å². The standard InChI is InChI=1S/C5H6Cl/c6-5-3-1-2-4-5/h1-3H2. The summed E-state index contributed by atoms with van der Waals surface area (Å²) in [6.07, 6.45) is 6.33. The largest absolute Gasteiger partial charge is 0.0888 e. The van der Waals surface area contributed by atoms with Gasteiger partial charge in [0, 0.05) is 5.03 Å². The van der Waals surface area contributed by atoms with Crippen molar-refractivity contribution in [3.8, 4) is 0 Å². The SMILES string of the molecule is ClC1=[C]CCC1. The van der Waals surface area contributed by atoms with E-state index in [1.807, 2.05) is 0 Å². The van der Waals surface area contributed by atoms with Crippen LogP contribution in [0.3, 0.4) is 0 Å². The van der Waals surface area contributed by atoms with Gasteiger partial charge in [-0.2, -0.15) is 0 Å². The van der Waals surface area contributed by atoms with E-state index in [0.717, 1.165) is 17.9 Å². The number of hydrogen-bond donors (Lipinski definition) is 0. The fourth-order valence-corrected chi connectivity index (χ4v) is 0.784. The van der Waals surface area contributed by atoms with Crippen molar-refractivity contribution in [3.05, 3.63) is 11.1 Å². The summed E-state index contributed by atoms with van der Waals surface area (Å²) in [6.45, 7) is 0. The smallest absolute Gasteiger partial charge is 0.0216 e. The van der Waals surface area contributed by atoms with E-state index in [2.05, 4.69) is 6.08 Å². The average molecular weight is 102 g/mol. The number of allylic oxidation sites excluding steroid dienone is 2. The number of rotatable bonds is 0. The lowest BCUT2D eigenvalue weighted by Crippen LogP contribution is -1.55. The van der Waals surface area contributed by atoms with Gasteiger partial charge in [0.25, 0.3) is 0 Å². The third-order valence-corrected chi connectivity index (χ3v) is 1.21. The molecule has 0 heterocycles. The summed E-state index contributed by atoms with van der Waals surface area (Å²) in [6, 6.07) is 0. The van der Waals surface area contributed by atoms with Crippen molar-refractivity contribution in [1.82, 2.24) is 0 Å². The molecule has 6 heavy (non-hydrogen) atoms. The zero-order valence-electron chi connectivity index (χ0n) is 3.50. The summed E-state index contributed by atoms with van der Waals surface area (Å²) in [4.78, 5) is 0. The van der Waals surface area contributed by atoms with Crippen LogP contribution in [0.4, 0.5) is 0 Å². The molecule has 1 heteroatoms. The lowest BCUT2D eigenvalue weighted by Gasteiger charge is -1.76. The first-order valence-electron chi connectivity index (χ1n) is 2.15. The second kappa shape index (κ2) is 1.65. The quantitative estimate of drug-likeness (QED) is 0.438. The van der Waals surface area contributed by atoms with E-state index in [-0.39, 0.29) is 0 Å². The third-order valence-electron chi connectivity index (χ3n) is 0.890. The molecule has 33 valence electrons. The highest BCUT2D eigenvalue weighted by atomic mass is 35.5. The molecule has 1 aliphatic rings. The van der Waals surface area contributed by atoms with Crippen LogP contribution in [-0.2, 0) is 0 Å². The van der Waals surface area contributed by atoms with Gasteiger partial charge in [0.2, 0.25) is 0 Å². The van der Waals surface area contributed by atoms with Gasteiger partial charge in [-0.1, -0.05) is 11.6 Å². The number of halogens is 1. The van der Waals surface area contributed by atoms with Crippen LogP contribution in [0.25, 0.3) is 0 Å². The van der Waals surface area contributed by atoms with Crippen LogP contribution in [0.2, 0.25) is 0 Å². The van der Waals surface area contributed by atoms with E-state index in [1.165, 1.54) is 6.42 Å². The molecule has 0 saturated heterocycles. The van der Waals surface area contributed by atoms with Crippen molar-refractivity contribution in [2.45, 2.75) is 19.3 Å². The van der Waals surface area contributed by atoms with E-state index >= 15 is 0 Å². The Kier molecular flexibility index (Phi) is 1.16. The fourth-order valence-electron chi connectivity index (χ4n) is 0.556. The maximum absolute atomic E-state index is 5.52. The Labute approximate surface area is 42.8 Å². The maximum Gasteiger partial charge on any atom is 0.0216 e. The van der Waals surface area contributed by atoms with Gasteiger partial charge < -0.3 is 0 Å². The molecule has 0 bridgehead atoms. The van der Waals surface area contributed by atoms with E-state index in [4.69, 9.17) is 11.6 Å².